The van der Waals surface area contributed by atoms with Gasteiger partial charge in [0.1, 0.15) is 0 Å². The van der Waals surface area contributed by atoms with Crippen molar-refractivity contribution in [2.45, 2.75) is 31.7 Å². The van der Waals surface area contributed by atoms with E-state index in [9.17, 15) is 0 Å². The number of fused-ring (bicyclic) bond motifs is 1. The average Bonchev–Trinajstić information content (AvgIpc) is 2.77. The molecule has 0 atom stereocenters. The average molecular weight is 205 g/mol. The fourth-order valence-electron chi connectivity index (χ4n) is 2.04. The van der Waals surface area contributed by atoms with Gasteiger partial charge in [0.05, 0.1) is 0 Å². The summed E-state index contributed by atoms with van der Waals surface area (Å²) in [6.07, 6.45) is 3.14. The van der Waals surface area contributed by atoms with E-state index < -0.39 is 0 Å². The monoisotopic (exact) mass is 205 g/mol. The Morgan fingerprint density at radius 3 is 2.73 bits per heavy atom. The van der Waals surface area contributed by atoms with Crippen LogP contribution in [0.5, 0.6) is 11.5 Å². The van der Waals surface area contributed by atoms with Gasteiger partial charge >= 0.3 is 0 Å². The van der Waals surface area contributed by atoms with Crippen molar-refractivity contribution in [1.29, 1.82) is 0 Å². The van der Waals surface area contributed by atoms with Gasteiger partial charge in [-0.15, -0.1) is 0 Å². The van der Waals surface area contributed by atoms with E-state index in [0.29, 0.717) is 6.79 Å². The fraction of sp³-hybridized carbons (Fsp3) is 0.500. The predicted molar refractivity (Wildman–Crippen MR) is 57.2 cm³/mol. The van der Waals surface area contributed by atoms with Crippen LogP contribution >= 0.6 is 0 Å². The third kappa shape index (κ3) is 1.47. The highest BCUT2D eigenvalue weighted by Gasteiger charge is 2.39. The molecule has 1 aliphatic carbocycles. The third-order valence-corrected chi connectivity index (χ3v) is 3.23. The van der Waals surface area contributed by atoms with Crippen molar-refractivity contribution in [3.05, 3.63) is 23.3 Å². The lowest BCUT2D eigenvalue weighted by Gasteiger charge is -2.11. The van der Waals surface area contributed by atoms with Gasteiger partial charge in [-0.1, -0.05) is 12.1 Å². The van der Waals surface area contributed by atoms with Gasteiger partial charge in [0, 0.05) is 11.1 Å². The first-order valence-corrected chi connectivity index (χ1v) is 5.35. The number of aryl methyl sites for hydroxylation is 1. The second-order valence-corrected chi connectivity index (χ2v) is 4.65. The number of nitrogens with two attached hydrogens (primary N) is 1. The van der Waals surface area contributed by atoms with Crippen LogP contribution in [-0.4, -0.2) is 12.3 Å². The summed E-state index contributed by atoms with van der Waals surface area (Å²) in [5.74, 6) is 1.81. The molecule has 1 fully saturated rings. The Kier molecular flexibility index (Phi) is 1.74. The zero-order chi connectivity index (χ0) is 10.5. The van der Waals surface area contributed by atoms with Crippen molar-refractivity contribution in [3.63, 3.8) is 0 Å². The van der Waals surface area contributed by atoms with Crippen LogP contribution < -0.4 is 15.2 Å². The normalized spacial score (nSPS) is 20.4. The molecule has 1 aromatic carbocycles. The minimum absolute atomic E-state index is 0.0228. The second kappa shape index (κ2) is 2.89. The van der Waals surface area contributed by atoms with Crippen molar-refractivity contribution in [3.8, 4) is 11.5 Å². The number of rotatable bonds is 2. The molecule has 3 nitrogen and oxygen atoms in total. The fourth-order valence-corrected chi connectivity index (χ4v) is 2.04. The summed E-state index contributed by atoms with van der Waals surface area (Å²) in [7, 11) is 0. The Hall–Kier alpha value is -1.22. The van der Waals surface area contributed by atoms with Crippen LogP contribution in [0.3, 0.4) is 0 Å². The predicted octanol–water partition coefficient (Wildman–Crippen LogP) is 1.76. The van der Waals surface area contributed by atoms with E-state index in [1.807, 2.05) is 6.92 Å². The van der Waals surface area contributed by atoms with Gasteiger partial charge in [0.2, 0.25) is 6.79 Å². The van der Waals surface area contributed by atoms with Crippen LogP contribution in [0.1, 0.15) is 24.0 Å². The topological polar surface area (TPSA) is 44.5 Å². The molecule has 3 heteroatoms. The first-order valence-electron chi connectivity index (χ1n) is 5.35. The highest BCUT2D eigenvalue weighted by Crippen LogP contribution is 2.43. The van der Waals surface area contributed by atoms with Crippen LogP contribution in [0.15, 0.2) is 12.1 Å². The van der Waals surface area contributed by atoms with E-state index in [2.05, 4.69) is 12.1 Å². The summed E-state index contributed by atoms with van der Waals surface area (Å²) in [6.45, 7) is 2.37. The number of hydrogen-bond acceptors (Lipinski definition) is 3. The molecule has 1 saturated carbocycles. The molecule has 0 saturated heterocycles. The van der Waals surface area contributed by atoms with Gasteiger partial charge in [0.15, 0.2) is 11.5 Å². The van der Waals surface area contributed by atoms with Crippen molar-refractivity contribution < 1.29 is 9.47 Å². The summed E-state index contributed by atoms with van der Waals surface area (Å²) < 4.78 is 10.9. The summed E-state index contributed by atoms with van der Waals surface area (Å²) in [5, 5.41) is 0. The molecule has 1 aliphatic heterocycles. The van der Waals surface area contributed by atoms with E-state index in [-0.39, 0.29) is 5.54 Å². The third-order valence-electron chi connectivity index (χ3n) is 3.23. The molecule has 1 heterocycles. The van der Waals surface area contributed by atoms with Crippen molar-refractivity contribution in [1.82, 2.24) is 0 Å². The maximum Gasteiger partial charge on any atom is 0.231 e. The van der Waals surface area contributed by atoms with E-state index in [4.69, 9.17) is 15.2 Å². The van der Waals surface area contributed by atoms with Gasteiger partial charge in [-0.3, -0.25) is 0 Å². The molecule has 0 amide bonds. The summed E-state index contributed by atoms with van der Waals surface area (Å²) in [5.41, 5.74) is 8.46. The lowest BCUT2D eigenvalue weighted by Crippen LogP contribution is -2.24. The van der Waals surface area contributed by atoms with Crippen LogP contribution in [0.4, 0.5) is 0 Å². The molecule has 0 unspecified atom stereocenters. The minimum atomic E-state index is 0.0228. The van der Waals surface area contributed by atoms with Gasteiger partial charge < -0.3 is 15.2 Å². The molecule has 1 aromatic rings. The van der Waals surface area contributed by atoms with Crippen molar-refractivity contribution >= 4 is 0 Å². The largest absolute Gasteiger partial charge is 0.453 e. The SMILES string of the molecule is Cc1ccc(CC2(N)CC2)c2c1OCO2. The van der Waals surface area contributed by atoms with Crippen molar-refractivity contribution in [2.75, 3.05) is 6.79 Å². The molecule has 0 bridgehead atoms. The number of benzene rings is 1. The quantitative estimate of drug-likeness (QED) is 0.800. The molecule has 80 valence electrons. The van der Waals surface area contributed by atoms with Gasteiger partial charge in [-0.05, 0) is 31.7 Å². The van der Waals surface area contributed by atoms with Gasteiger partial charge in [0.25, 0.3) is 0 Å². The highest BCUT2D eigenvalue weighted by molar-refractivity contribution is 5.53. The zero-order valence-corrected chi connectivity index (χ0v) is 8.88. The molecule has 3 rings (SSSR count). The Labute approximate surface area is 89.2 Å². The van der Waals surface area contributed by atoms with Crippen LogP contribution in [0, 0.1) is 6.92 Å². The second-order valence-electron chi connectivity index (χ2n) is 4.65. The van der Waals surface area contributed by atoms with Gasteiger partial charge in [-0.25, -0.2) is 0 Å². The summed E-state index contributed by atoms with van der Waals surface area (Å²) >= 11 is 0. The minimum Gasteiger partial charge on any atom is -0.453 e. The van der Waals surface area contributed by atoms with E-state index in [1.165, 1.54) is 5.56 Å². The Morgan fingerprint density at radius 1 is 1.27 bits per heavy atom. The van der Waals surface area contributed by atoms with E-state index in [1.54, 1.807) is 0 Å². The maximum atomic E-state index is 6.11. The standard InChI is InChI=1S/C12H15NO2/c1-8-2-3-9(6-12(13)4-5-12)11-10(8)14-7-15-11/h2-3H,4-7,13H2,1H3. The summed E-state index contributed by atoms with van der Waals surface area (Å²) in [4.78, 5) is 0. The summed E-state index contributed by atoms with van der Waals surface area (Å²) in [6, 6.07) is 4.18. The van der Waals surface area contributed by atoms with Crippen LogP contribution in [-0.2, 0) is 6.42 Å². The highest BCUT2D eigenvalue weighted by atomic mass is 16.7. The lowest BCUT2D eigenvalue weighted by atomic mass is 10.0. The number of ether oxygens (including phenoxy) is 2. The first-order chi connectivity index (χ1) is 7.18. The molecule has 0 radical (unpaired) electrons. The molecular formula is C12H15NO2. The van der Waals surface area contributed by atoms with E-state index >= 15 is 0 Å². The van der Waals surface area contributed by atoms with Crippen LogP contribution in [0.2, 0.25) is 0 Å². The Bertz CT molecular complexity index is 410. The Balaban J connectivity index is 1.98. The number of hydrogen-bond donors (Lipinski definition) is 1. The molecular weight excluding hydrogens is 190 g/mol. The molecule has 2 aliphatic rings. The van der Waals surface area contributed by atoms with E-state index in [0.717, 1.165) is 36.3 Å². The lowest BCUT2D eigenvalue weighted by molar-refractivity contribution is 0.172. The maximum absolute atomic E-state index is 6.11. The molecule has 0 spiro atoms. The van der Waals surface area contributed by atoms with Crippen LogP contribution in [0.25, 0.3) is 0 Å². The zero-order valence-electron chi connectivity index (χ0n) is 8.88. The smallest absolute Gasteiger partial charge is 0.231 e. The first kappa shape index (κ1) is 9.04. The molecule has 0 aromatic heterocycles. The Morgan fingerprint density at radius 2 is 2.00 bits per heavy atom. The molecule has 15 heavy (non-hydrogen) atoms. The van der Waals surface area contributed by atoms with Gasteiger partial charge in [-0.2, -0.15) is 0 Å². The molecule has 2 N–H and O–H groups in total. The van der Waals surface area contributed by atoms with Crippen molar-refractivity contribution in [2.24, 2.45) is 5.73 Å².